The van der Waals surface area contributed by atoms with Crippen LogP contribution < -0.4 is 5.32 Å². The fraction of sp³-hybridized carbons (Fsp3) is 0.100. The molecule has 2 rings (SSSR count). The number of hydrogen-bond donors (Lipinski definition) is 2. The molecule has 0 amide bonds. The highest BCUT2D eigenvalue weighted by Gasteiger charge is 2.05. The van der Waals surface area contributed by atoms with Crippen molar-refractivity contribution in [2.24, 2.45) is 0 Å². The van der Waals surface area contributed by atoms with E-state index in [9.17, 15) is 4.39 Å². The number of hydrogen-bond acceptors (Lipinski definition) is 2. The summed E-state index contributed by atoms with van der Waals surface area (Å²) in [7, 11) is 0. The van der Waals surface area contributed by atoms with Crippen molar-refractivity contribution >= 4 is 17.3 Å². The van der Waals surface area contributed by atoms with Crippen LogP contribution in [0.5, 0.6) is 0 Å². The highest BCUT2D eigenvalue weighted by Crippen LogP contribution is 2.22. The van der Waals surface area contributed by atoms with E-state index in [2.05, 4.69) is 15.3 Å². The van der Waals surface area contributed by atoms with E-state index in [1.54, 1.807) is 24.7 Å². The second-order valence-corrected chi connectivity index (χ2v) is 3.44. The Kier molecular flexibility index (Phi) is 2.87. The third-order valence-corrected chi connectivity index (χ3v) is 2.27. The third kappa shape index (κ3) is 2.27. The zero-order valence-corrected chi connectivity index (χ0v) is 8.55. The minimum atomic E-state index is -0.432. The summed E-state index contributed by atoms with van der Waals surface area (Å²) in [6, 6.07) is 4.84. The van der Waals surface area contributed by atoms with Crippen LogP contribution in [0.1, 0.15) is 5.69 Å². The van der Waals surface area contributed by atoms with E-state index in [0.29, 0.717) is 12.2 Å². The molecule has 15 heavy (non-hydrogen) atoms. The summed E-state index contributed by atoms with van der Waals surface area (Å²) >= 11 is 5.64. The van der Waals surface area contributed by atoms with Gasteiger partial charge in [0, 0.05) is 6.20 Å². The number of halogens is 2. The second kappa shape index (κ2) is 4.31. The summed E-state index contributed by atoms with van der Waals surface area (Å²) in [6.07, 6.45) is 3.25. The molecule has 0 saturated carbocycles. The quantitative estimate of drug-likeness (QED) is 0.843. The molecule has 0 aliphatic carbocycles. The van der Waals surface area contributed by atoms with Crippen molar-refractivity contribution in [2.75, 3.05) is 5.32 Å². The van der Waals surface area contributed by atoms with Crippen LogP contribution in [-0.4, -0.2) is 9.97 Å². The molecular formula is C10H9ClFN3. The molecular weight excluding hydrogens is 217 g/mol. The van der Waals surface area contributed by atoms with Gasteiger partial charge in [-0.15, -0.1) is 0 Å². The summed E-state index contributed by atoms with van der Waals surface area (Å²) in [5.74, 6) is -0.432. The molecule has 1 aromatic heterocycles. The van der Waals surface area contributed by atoms with Crippen molar-refractivity contribution in [2.45, 2.75) is 6.54 Å². The summed E-state index contributed by atoms with van der Waals surface area (Å²) in [5, 5.41) is 3.04. The van der Waals surface area contributed by atoms with Crippen molar-refractivity contribution < 1.29 is 4.39 Å². The molecule has 0 aliphatic rings. The largest absolute Gasteiger partial charge is 0.377 e. The number of H-pyrrole nitrogens is 1. The van der Waals surface area contributed by atoms with E-state index in [1.165, 1.54) is 6.07 Å². The Balaban J connectivity index is 2.08. The summed E-state index contributed by atoms with van der Waals surface area (Å²) < 4.78 is 13.4. The number of nitrogens with zero attached hydrogens (tertiary/aromatic N) is 1. The lowest BCUT2D eigenvalue weighted by Crippen LogP contribution is -2.01. The van der Waals surface area contributed by atoms with Gasteiger partial charge in [0.05, 0.1) is 29.3 Å². The average Bonchev–Trinajstić information content (AvgIpc) is 2.73. The van der Waals surface area contributed by atoms with Gasteiger partial charge in [0.25, 0.3) is 0 Å². The molecule has 1 heterocycles. The van der Waals surface area contributed by atoms with Gasteiger partial charge in [0.1, 0.15) is 0 Å². The van der Waals surface area contributed by atoms with Gasteiger partial charge in [-0.25, -0.2) is 9.37 Å². The third-order valence-electron chi connectivity index (χ3n) is 1.98. The first-order valence-corrected chi connectivity index (χ1v) is 4.80. The molecule has 0 spiro atoms. The number of aromatic nitrogens is 2. The average molecular weight is 226 g/mol. The molecule has 0 radical (unpaired) electrons. The van der Waals surface area contributed by atoms with Crippen LogP contribution in [0.4, 0.5) is 10.1 Å². The van der Waals surface area contributed by atoms with Crippen molar-refractivity contribution in [3.8, 4) is 0 Å². The summed E-state index contributed by atoms with van der Waals surface area (Å²) in [5.41, 5.74) is 1.27. The topological polar surface area (TPSA) is 40.7 Å². The lowest BCUT2D eigenvalue weighted by Gasteiger charge is -2.06. The Morgan fingerprint density at radius 2 is 2.33 bits per heavy atom. The Labute approximate surface area is 91.3 Å². The summed E-state index contributed by atoms with van der Waals surface area (Å²) in [6.45, 7) is 0.483. The van der Waals surface area contributed by atoms with Gasteiger partial charge in [-0.2, -0.15) is 0 Å². The van der Waals surface area contributed by atoms with Gasteiger partial charge in [0.15, 0.2) is 5.82 Å². The van der Waals surface area contributed by atoms with Crippen LogP contribution >= 0.6 is 11.6 Å². The van der Waals surface area contributed by atoms with Crippen molar-refractivity contribution in [3.05, 3.63) is 47.3 Å². The number of rotatable bonds is 3. The molecule has 1 aromatic carbocycles. The molecule has 2 aromatic rings. The minimum absolute atomic E-state index is 0.115. The molecule has 5 heteroatoms. The number of imidazole rings is 1. The molecule has 0 bridgehead atoms. The van der Waals surface area contributed by atoms with E-state index in [-0.39, 0.29) is 5.02 Å². The molecule has 0 unspecified atom stereocenters. The zero-order chi connectivity index (χ0) is 10.7. The van der Waals surface area contributed by atoms with Crippen LogP contribution in [0, 0.1) is 5.82 Å². The Hall–Kier alpha value is -1.55. The van der Waals surface area contributed by atoms with Crippen LogP contribution in [0.3, 0.4) is 0 Å². The van der Waals surface area contributed by atoms with Gasteiger partial charge < -0.3 is 10.3 Å². The van der Waals surface area contributed by atoms with Gasteiger partial charge in [-0.05, 0) is 12.1 Å². The highest BCUT2D eigenvalue weighted by molar-refractivity contribution is 6.31. The second-order valence-electron chi connectivity index (χ2n) is 3.03. The molecule has 0 fully saturated rings. The maximum absolute atomic E-state index is 13.4. The van der Waals surface area contributed by atoms with Crippen molar-refractivity contribution in [3.63, 3.8) is 0 Å². The molecule has 0 aliphatic heterocycles. The predicted molar refractivity (Wildman–Crippen MR) is 57.3 cm³/mol. The van der Waals surface area contributed by atoms with Crippen LogP contribution in [-0.2, 0) is 6.54 Å². The van der Waals surface area contributed by atoms with Crippen molar-refractivity contribution in [1.82, 2.24) is 9.97 Å². The fourth-order valence-electron chi connectivity index (χ4n) is 1.21. The molecule has 78 valence electrons. The first-order valence-electron chi connectivity index (χ1n) is 4.42. The Morgan fingerprint density at radius 3 is 3.07 bits per heavy atom. The van der Waals surface area contributed by atoms with E-state index in [1.807, 2.05) is 0 Å². The molecule has 2 N–H and O–H groups in total. The predicted octanol–water partition coefficient (Wildman–Crippen LogP) is 2.81. The first-order chi connectivity index (χ1) is 7.27. The van der Waals surface area contributed by atoms with Gasteiger partial charge in [-0.1, -0.05) is 17.7 Å². The number of benzene rings is 1. The lowest BCUT2D eigenvalue weighted by molar-refractivity contribution is 0.630. The normalized spacial score (nSPS) is 10.3. The van der Waals surface area contributed by atoms with Crippen LogP contribution in [0.2, 0.25) is 5.02 Å². The Morgan fingerprint density at radius 1 is 1.47 bits per heavy atom. The van der Waals surface area contributed by atoms with E-state index >= 15 is 0 Å². The molecule has 0 atom stereocenters. The van der Waals surface area contributed by atoms with Crippen LogP contribution in [0.15, 0.2) is 30.7 Å². The Bertz CT molecular complexity index is 442. The number of nitrogens with one attached hydrogen (secondary N) is 2. The van der Waals surface area contributed by atoms with Gasteiger partial charge in [0.2, 0.25) is 0 Å². The van der Waals surface area contributed by atoms with E-state index in [4.69, 9.17) is 11.6 Å². The monoisotopic (exact) mass is 225 g/mol. The standard InChI is InChI=1S/C10H9ClFN3/c11-8-2-1-3-9(10(8)12)14-5-7-4-13-6-15-7/h1-4,6,14H,5H2,(H,13,15). The van der Waals surface area contributed by atoms with Crippen molar-refractivity contribution in [1.29, 1.82) is 0 Å². The molecule has 0 saturated heterocycles. The lowest BCUT2D eigenvalue weighted by atomic mass is 10.3. The maximum atomic E-state index is 13.4. The number of anilines is 1. The zero-order valence-electron chi connectivity index (χ0n) is 7.80. The summed E-state index contributed by atoms with van der Waals surface area (Å²) in [4.78, 5) is 6.77. The SMILES string of the molecule is Fc1c(Cl)cccc1NCc1cnc[nH]1. The number of aromatic amines is 1. The van der Waals surface area contributed by atoms with Gasteiger partial charge in [-0.3, -0.25) is 0 Å². The molecule has 3 nitrogen and oxygen atoms in total. The fourth-order valence-corrected chi connectivity index (χ4v) is 1.39. The van der Waals surface area contributed by atoms with Gasteiger partial charge >= 0.3 is 0 Å². The first kappa shape index (κ1) is 9.98. The van der Waals surface area contributed by atoms with E-state index < -0.39 is 5.82 Å². The van der Waals surface area contributed by atoms with E-state index in [0.717, 1.165) is 5.69 Å². The minimum Gasteiger partial charge on any atom is -0.377 e. The smallest absolute Gasteiger partial charge is 0.164 e. The highest BCUT2D eigenvalue weighted by atomic mass is 35.5. The van der Waals surface area contributed by atoms with Crippen LogP contribution in [0.25, 0.3) is 0 Å². The maximum Gasteiger partial charge on any atom is 0.164 e.